The molecule has 0 aliphatic heterocycles. The Morgan fingerprint density at radius 1 is 1.28 bits per heavy atom. The van der Waals surface area contributed by atoms with Gasteiger partial charge in [-0.3, -0.25) is 9.89 Å². The number of amides is 1. The van der Waals surface area contributed by atoms with E-state index in [9.17, 15) is 4.79 Å². The molecule has 1 N–H and O–H groups in total. The van der Waals surface area contributed by atoms with E-state index in [0.29, 0.717) is 11.8 Å². The normalized spacial score (nSPS) is 16.2. The Hall–Kier alpha value is -2.63. The quantitative estimate of drug-likeness (QED) is 0.643. The summed E-state index contributed by atoms with van der Waals surface area (Å²) >= 11 is 0. The van der Waals surface area contributed by atoms with Gasteiger partial charge < -0.3 is 9.47 Å². The van der Waals surface area contributed by atoms with Gasteiger partial charge in [0.1, 0.15) is 0 Å². The third-order valence-electron chi connectivity index (χ3n) is 6.21. The average molecular weight is 394 g/mol. The minimum atomic E-state index is 0.257. The summed E-state index contributed by atoms with van der Waals surface area (Å²) in [6.07, 6.45) is 12.6. The molecule has 1 atom stereocenters. The van der Waals surface area contributed by atoms with Gasteiger partial charge in [-0.15, -0.1) is 0 Å². The number of nitrogens with one attached hydrogen (secondary N) is 1. The van der Waals surface area contributed by atoms with Gasteiger partial charge in [-0.1, -0.05) is 26.2 Å². The molecule has 1 fully saturated rings. The van der Waals surface area contributed by atoms with E-state index in [2.05, 4.69) is 40.0 Å². The number of aromatic nitrogens is 4. The highest BCUT2D eigenvalue weighted by atomic mass is 16.2. The number of carbonyl (C=O) groups is 1. The Morgan fingerprint density at radius 3 is 2.86 bits per heavy atom. The molecule has 3 aromatic heterocycles. The molecule has 6 heteroatoms. The van der Waals surface area contributed by atoms with Crippen LogP contribution in [0, 0.1) is 11.8 Å². The molecule has 3 aromatic rings. The highest BCUT2D eigenvalue weighted by Gasteiger charge is 2.24. The molecular formula is C23H31N5O. The summed E-state index contributed by atoms with van der Waals surface area (Å²) in [6, 6.07) is 6.26. The highest BCUT2D eigenvalue weighted by Crippen LogP contribution is 2.26. The van der Waals surface area contributed by atoms with Gasteiger partial charge in [0, 0.05) is 44.0 Å². The molecule has 1 unspecified atom stereocenters. The fourth-order valence-electron chi connectivity index (χ4n) is 4.40. The number of hydrogen-bond acceptors (Lipinski definition) is 3. The Morgan fingerprint density at radius 2 is 2.10 bits per heavy atom. The molecule has 0 radical (unpaired) electrons. The highest BCUT2D eigenvalue weighted by molar-refractivity contribution is 5.79. The van der Waals surface area contributed by atoms with Crippen molar-refractivity contribution in [1.29, 1.82) is 0 Å². The SMILES string of the molecule is CC(CCN(C)C(=O)C1CCCCC1)Cn1ccc2nc(-c3cn[nH]c3)ccc21. The van der Waals surface area contributed by atoms with E-state index in [1.54, 1.807) is 6.20 Å². The van der Waals surface area contributed by atoms with Crippen molar-refractivity contribution >= 4 is 16.9 Å². The molecule has 1 saturated carbocycles. The minimum absolute atomic E-state index is 0.257. The molecule has 1 amide bonds. The summed E-state index contributed by atoms with van der Waals surface area (Å²) in [6.45, 7) is 4.03. The molecule has 4 rings (SSSR count). The third-order valence-corrected chi connectivity index (χ3v) is 6.21. The Balaban J connectivity index is 1.34. The zero-order chi connectivity index (χ0) is 20.2. The zero-order valence-corrected chi connectivity index (χ0v) is 17.5. The molecule has 1 aliphatic rings. The van der Waals surface area contributed by atoms with E-state index in [0.717, 1.165) is 54.6 Å². The van der Waals surface area contributed by atoms with Crippen LogP contribution in [0.4, 0.5) is 0 Å². The van der Waals surface area contributed by atoms with Crippen molar-refractivity contribution in [1.82, 2.24) is 24.6 Å². The van der Waals surface area contributed by atoms with Crippen LogP contribution >= 0.6 is 0 Å². The molecule has 0 bridgehead atoms. The summed E-state index contributed by atoms with van der Waals surface area (Å²) in [7, 11) is 1.97. The first kappa shape index (κ1) is 19.7. The molecule has 0 aromatic carbocycles. The van der Waals surface area contributed by atoms with Gasteiger partial charge in [-0.05, 0) is 43.4 Å². The number of aromatic amines is 1. The van der Waals surface area contributed by atoms with Crippen LogP contribution in [0.2, 0.25) is 0 Å². The predicted octanol–water partition coefficient (Wildman–Crippen LogP) is 4.49. The Labute approximate surface area is 172 Å². The van der Waals surface area contributed by atoms with Gasteiger partial charge in [-0.2, -0.15) is 5.10 Å². The first-order valence-electron chi connectivity index (χ1n) is 10.8. The Kier molecular flexibility index (Phi) is 5.97. The lowest BCUT2D eigenvalue weighted by Gasteiger charge is -2.27. The smallest absolute Gasteiger partial charge is 0.225 e. The number of pyridine rings is 1. The van der Waals surface area contributed by atoms with Crippen LogP contribution in [-0.2, 0) is 11.3 Å². The van der Waals surface area contributed by atoms with E-state index in [1.165, 1.54) is 19.3 Å². The van der Waals surface area contributed by atoms with Crippen molar-refractivity contribution in [3.8, 4) is 11.3 Å². The zero-order valence-electron chi connectivity index (χ0n) is 17.5. The number of H-pyrrole nitrogens is 1. The van der Waals surface area contributed by atoms with Crippen LogP contribution in [0.3, 0.4) is 0 Å². The van der Waals surface area contributed by atoms with Crippen molar-refractivity contribution in [2.75, 3.05) is 13.6 Å². The molecular weight excluding hydrogens is 362 g/mol. The summed E-state index contributed by atoms with van der Waals surface area (Å²) < 4.78 is 2.27. The molecule has 6 nitrogen and oxygen atoms in total. The monoisotopic (exact) mass is 393 g/mol. The van der Waals surface area contributed by atoms with E-state index in [-0.39, 0.29) is 5.92 Å². The van der Waals surface area contributed by atoms with Crippen molar-refractivity contribution in [3.63, 3.8) is 0 Å². The predicted molar refractivity (Wildman–Crippen MR) is 115 cm³/mol. The molecule has 0 saturated heterocycles. The number of hydrogen-bond donors (Lipinski definition) is 1. The average Bonchev–Trinajstić information content (AvgIpc) is 3.42. The van der Waals surface area contributed by atoms with Crippen molar-refractivity contribution < 1.29 is 4.79 Å². The minimum Gasteiger partial charge on any atom is -0.346 e. The summed E-state index contributed by atoms with van der Waals surface area (Å²) in [5, 5.41) is 6.84. The summed E-state index contributed by atoms with van der Waals surface area (Å²) in [4.78, 5) is 19.4. The van der Waals surface area contributed by atoms with E-state index in [4.69, 9.17) is 4.98 Å². The lowest BCUT2D eigenvalue weighted by molar-refractivity contribution is -0.135. The maximum absolute atomic E-state index is 12.6. The van der Waals surface area contributed by atoms with Crippen LogP contribution in [0.1, 0.15) is 45.4 Å². The van der Waals surface area contributed by atoms with E-state index >= 15 is 0 Å². The van der Waals surface area contributed by atoms with Gasteiger partial charge in [0.25, 0.3) is 0 Å². The molecule has 3 heterocycles. The van der Waals surface area contributed by atoms with Crippen LogP contribution in [0.15, 0.2) is 36.8 Å². The lowest BCUT2D eigenvalue weighted by atomic mass is 9.88. The van der Waals surface area contributed by atoms with Crippen molar-refractivity contribution in [2.24, 2.45) is 11.8 Å². The third kappa shape index (κ3) is 4.52. The summed E-state index contributed by atoms with van der Waals surface area (Å²) in [5.74, 6) is 1.09. The number of rotatable bonds is 7. The van der Waals surface area contributed by atoms with Gasteiger partial charge in [0.15, 0.2) is 0 Å². The van der Waals surface area contributed by atoms with Crippen molar-refractivity contribution in [2.45, 2.75) is 52.0 Å². The maximum atomic E-state index is 12.6. The van der Waals surface area contributed by atoms with Crippen molar-refractivity contribution in [3.05, 3.63) is 36.8 Å². The largest absolute Gasteiger partial charge is 0.346 e. The van der Waals surface area contributed by atoms with Gasteiger partial charge in [-0.25, -0.2) is 4.98 Å². The van der Waals surface area contributed by atoms with Gasteiger partial charge in [0.2, 0.25) is 5.91 Å². The van der Waals surface area contributed by atoms with Crippen LogP contribution < -0.4 is 0 Å². The second-order valence-corrected chi connectivity index (χ2v) is 8.54. The Bertz CT molecular complexity index is 939. The fraction of sp³-hybridized carbons (Fsp3) is 0.522. The first-order valence-corrected chi connectivity index (χ1v) is 10.8. The topological polar surface area (TPSA) is 66.8 Å². The molecule has 1 aliphatic carbocycles. The maximum Gasteiger partial charge on any atom is 0.225 e. The fourth-order valence-corrected chi connectivity index (χ4v) is 4.40. The standard InChI is InChI=1S/C23H31N5O/c1-17(10-12-27(2)23(29)18-6-4-3-5-7-18)16-28-13-11-21-22(28)9-8-20(26-21)19-14-24-25-15-19/h8-9,11,13-15,17-18H,3-7,10,12,16H2,1-2H3,(H,24,25). The summed E-state index contributed by atoms with van der Waals surface area (Å²) in [5.41, 5.74) is 4.08. The van der Waals surface area contributed by atoms with Crippen LogP contribution in [-0.4, -0.2) is 44.1 Å². The first-order chi connectivity index (χ1) is 14.1. The van der Waals surface area contributed by atoms with Gasteiger partial charge >= 0.3 is 0 Å². The number of nitrogens with zero attached hydrogens (tertiary/aromatic N) is 4. The van der Waals surface area contributed by atoms with Crippen LogP contribution in [0.25, 0.3) is 22.3 Å². The van der Waals surface area contributed by atoms with E-state index in [1.807, 2.05) is 24.2 Å². The molecule has 0 spiro atoms. The molecule has 29 heavy (non-hydrogen) atoms. The van der Waals surface area contributed by atoms with E-state index < -0.39 is 0 Å². The lowest BCUT2D eigenvalue weighted by Crippen LogP contribution is -2.35. The second-order valence-electron chi connectivity index (χ2n) is 8.54. The number of carbonyl (C=O) groups excluding carboxylic acids is 1. The molecule has 154 valence electrons. The van der Waals surface area contributed by atoms with Crippen LogP contribution in [0.5, 0.6) is 0 Å². The van der Waals surface area contributed by atoms with Gasteiger partial charge in [0.05, 0.1) is 22.9 Å². The number of fused-ring (bicyclic) bond motifs is 1. The second kappa shape index (κ2) is 8.80.